The molecule has 0 aliphatic rings. The molecule has 72 heavy (non-hydrogen) atoms. The second-order valence-electron chi connectivity index (χ2n) is 19.8. The van der Waals surface area contributed by atoms with Crippen LogP contribution in [0.15, 0.2) is 65.8 Å². The standard InChI is InChI=1S/C62H102O3S6Si/c1-9-17-38-66-57-45-51-52-46-58(67-39-18-10-2)60(69-41-20-12-4)48-54(52)56-50-62(61(70-42-21-13-5)49-55(56)53(51)47-59(57)68-40-19-11-3)71-43-36-34-32-30-28-26-24-22-23-25-27-29-31-33-35-37-44-72(63-14-6,64-15-7)65-16-8/h45-50H,9-44H2,1-8H3. The first-order chi connectivity index (χ1) is 35.4. The van der Waals surface area contributed by atoms with Gasteiger partial charge in [-0.1, -0.05) is 157 Å². The van der Waals surface area contributed by atoms with E-state index in [1.165, 1.54) is 257 Å². The molecule has 0 N–H and O–H groups in total. The molecule has 0 saturated heterocycles. The third-order valence-electron chi connectivity index (χ3n) is 13.6. The van der Waals surface area contributed by atoms with Crippen LogP contribution < -0.4 is 0 Å². The molecular formula is C62H102O3S6Si. The lowest BCUT2D eigenvalue weighted by Crippen LogP contribution is -2.45. The molecule has 4 aromatic carbocycles. The normalized spacial score (nSPS) is 12.2. The van der Waals surface area contributed by atoms with E-state index in [2.05, 4.69) is 162 Å². The van der Waals surface area contributed by atoms with Crippen LogP contribution in [0.2, 0.25) is 6.04 Å². The molecule has 0 spiro atoms. The lowest BCUT2D eigenvalue weighted by atomic mass is 9.94. The summed E-state index contributed by atoms with van der Waals surface area (Å²) in [6.45, 7) is 19.8. The first-order valence-corrected chi connectivity index (χ1v) is 37.5. The van der Waals surface area contributed by atoms with Crippen LogP contribution in [0.25, 0.3) is 32.3 Å². The van der Waals surface area contributed by atoms with Crippen LogP contribution >= 0.6 is 70.6 Å². The van der Waals surface area contributed by atoms with Crippen LogP contribution in [-0.2, 0) is 13.3 Å². The quantitative estimate of drug-likeness (QED) is 0.0186. The van der Waals surface area contributed by atoms with Crippen molar-refractivity contribution in [3.63, 3.8) is 0 Å². The Morgan fingerprint density at radius 3 is 0.667 bits per heavy atom. The summed E-state index contributed by atoms with van der Waals surface area (Å²) in [7, 11) is -2.47. The lowest BCUT2D eigenvalue weighted by molar-refractivity contribution is 0.0706. The zero-order valence-electron chi connectivity index (χ0n) is 47.1. The molecule has 0 heterocycles. The van der Waals surface area contributed by atoms with Crippen molar-refractivity contribution in [3.8, 4) is 0 Å². The van der Waals surface area contributed by atoms with Crippen LogP contribution in [0.4, 0.5) is 0 Å². The van der Waals surface area contributed by atoms with Crippen molar-refractivity contribution >= 4 is 112 Å². The highest BCUT2D eigenvalue weighted by molar-refractivity contribution is 8.03. The fraction of sp³-hybridized carbons (Fsp3) is 0.710. The Bertz CT molecular complexity index is 1980. The van der Waals surface area contributed by atoms with Crippen molar-refractivity contribution in [1.29, 1.82) is 0 Å². The number of thioether (sulfide) groups is 6. The van der Waals surface area contributed by atoms with E-state index in [4.69, 9.17) is 13.3 Å². The third-order valence-corrected chi connectivity index (χ3v) is 24.0. The molecule has 0 unspecified atom stereocenters. The molecule has 0 aromatic heterocycles. The topological polar surface area (TPSA) is 27.7 Å². The predicted octanol–water partition coefficient (Wildman–Crippen LogP) is 23.0. The maximum Gasteiger partial charge on any atom is 0.500 e. The van der Waals surface area contributed by atoms with Gasteiger partial charge in [0.15, 0.2) is 0 Å². The summed E-state index contributed by atoms with van der Waals surface area (Å²) in [6.07, 6.45) is 34.4. The summed E-state index contributed by atoms with van der Waals surface area (Å²) in [4.78, 5) is 8.99. The molecule has 0 aliphatic carbocycles. The van der Waals surface area contributed by atoms with E-state index in [9.17, 15) is 0 Å². The van der Waals surface area contributed by atoms with Crippen LogP contribution in [0.5, 0.6) is 0 Å². The number of rotatable bonds is 46. The molecule has 3 nitrogen and oxygen atoms in total. The van der Waals surface area contributed by atoms with Crippen LogP contribution in [0.3, 0.4) is 0 Å². The SMILES string of the molecule is CCCCSc1cc2c3cc(SCCCC)c(SCCCC)cc3c3cc(SCCCCCCCCCCCCCCCCCC[Si](OCC)(OCC)OCC)c(SCCCC)cc3c2cc1SCCCC. The Morgan fingerprint density at radius 2 is 0.458 bits per heavy atom. The summed E-state index contributed by atoms with van der Waals surface area (Å²) in [5.41, 5.74) is 0. The molecule has 0 radical (unpaired) electrons. The van der Waals surface area contributed by atoms with Crippen molar-refractivity contribution in [2.75, 3.05) is 54.3 Å². The van der Waals surface area contributed by atoms with E-state index in [0.717, 1.165) is 12.5 Å². The second kappa shape index (κ2) is 40.1. The van der Waals surface area contributed by atoms with Gasteiger partial charge < -0.3 is 13.3 Å². The molecule has 4 aromatic rings. The summed E-state index contributed by atoms with van der Waals surface area (Å²) in [6, 6.07) is 16.8. The number of fused-ring (bicyclic) bond motifs is 6. The monoisotopic (exact) mass is 1110 g/mol. The highest BCUT2D eigenvalue weighted by Gasteiger charge is 2.39. The number of hydrogen-bond donors (Lipinski definition) is 0. The molecule has 10 heteroatoms. The Morgan fingerprint density at radius 1 is 0.264 bits per heavy atom. The van der Waals surface area contributed by atoms with Crippen molar-refractivity contribution in [2.24, 2.45) is 0 Å². The first kappa shape index (κ1) is 64.4. The van der Waals surface area contributed by atoms with Gasteiger partial charge in [0.05, 0.1) is 0 Å². The smallest absolute Gasteiger partial charge is 0.374 e. The van der Waals surface area contributed by atoms with Gasteiger partial charge in [0.25, 0.3) is 0 Å². The number of benzene rings is 4. The minimum absolute atomic E-state index is 0.675. The van der Waals surface area contributed by atoms with Crippen molar-refractivity contribution in [1.82, 2.24) is 0 Å². The van der Waals surface area contributed by atoms with Gasteiger partial charge in [-0.25, -0.2) is 0 Å². The Balaban J connectivity index is 1.38. The average molecular weight is 1120 g/mol. The van der Waals surface area contributed by atoms with Gasteiger partial charge in [0, 0.05) is 55.2 Å². The van der Waals surface area contributed by atoms with Crippen molar-refractivity contribution in [3.05, 3.63) is 36.4 Å². The van der Waals surface area contributed by atoms with Crippen molar-refractivity contribution < 1.29 is 13.3 Å². The molecule has 0 aliphatic heterocycles. The van der Waals surface area contributed by atoms with E-state index >= 15 is 0 Å². The molecular weight excluding hydrogens is 1010 g/mol. The fourth-order valence-corrected chi connectivity index (χ4v) is 19.4. The summed E-state index contributed by atoms with van der Waals surface area (Å²) < 4.78 is 18.1. The van der Waals surface area contributed by atoms with Gasteiger partial charge in [-0.3, -0.25) is 0 Å². The number of unbranched alkanes of at least 4 members (excludes halogenated alkanes) is 20. The minimum Gasteiger partial charge on any atom is -0.374 e. The number of hydrogen-bond acceptors (Lipinski definition) is 9. The molecule has 4 rings (SSSR count). The Kier molecular flexibility index (Phi) is 35.9. The highest BCUT2D eigenvalue weighted by Crippen LogP contribution is 2.47. The molecule has 0 saturated carbocycles. The highest BCUT2D eigenvalue weighted by atomic mass is 32.2. The summed E-state index contributed by atoms with van der Waals surface area (Å²) in [5.74, 6) is 7.17. The lowest BCUT2D eigenvalue weighted by Gasteiger charge is -2.28. The fourth-order valence-electron chi connectivity index (χ4n) is 9.43. The maximum atomic E-state index is 6.03. The molecule has 408 valence electrons. The average Bonchev–Trinajstić information content (AvgIpc) is 3.38. The maximum absolute atomic E-state index is 6.03. The summed E-state index contributed by atoms with van der Waals surface area (Å²) >= 11 is 12.7. The van der Waals surface area contributed by atoms with Crippen LogP contribution in [-0.4, -0.2) is 63.1 Å². The second-order valence-corrected chi connectivity index (χ2v) is 29.3. The van der Waals surface area contributed by atoms with Crippen LogP contribution in [0, 0.1) is 0 Å². The Labute approximate surface area is 469 Å². The van der Waals surface area contributed by atoms with E-state index < -0.39 is 8.80 Å². The molecule has 0 atom stereocenters. The van der Waals surface area contributed by atoms with Gasteiger partial charge in [0.2, 0.25) is 0 Å². The third kappa shape index (κ3) is 23.1. The summed E-state index contributed by atoms with van der Waals surface area (Å²) in [5, 5.41) is 8.77. The molecule has 0 fully saturated rings. The van der Waals surface area contributed by atoms with E-state index in [1.54, 1.807) is 0 Å². The molecule has 0 amide bonds. The van der Waals surface area contributed by atoms with Crippen LogP contribution in [0.1, 0.15) is 222 Å². The van der Waals surface area contributed by atoms with Gasteiger partial charge in [-0.2, -0.15) is 0 Å². The largest absolute Gasteiger partial charge is 0.500 e. The van der Waals surface area contributed by atoms with Gasteiger partial charge in [-0.15, -0.1) is 70.6 Å². The van der Waals surface area contributed by atoms with Gasteiger partial charge in [-0.05, 0) is 169 Å². The Hall–Kier alpha value is -0.143. The minimum atomic E-state index is -2.47. The molecule has 0 bridgehead atoms. The van der Waals surface area contributed by atoms with Crippen molar-refractivity contribution in [2.45, 2.75) is 258 Å². The predicted molar refractivity (Wildman–Crippen MR) is 337 cm³/mol. The van der Waals surface area contributed by atoms with Gasteiger partial charge >= 0.3 is 8.80 Å². The zero-order chi connectivity index (χ0) is 51.5. The van der Waals surface area contributed by atoms with Gasteiger partial charge in [0.1, 0.15) is 0 Å². The van der Waals surface area contributed by atoms with E-state index in [0.29, 0.717) is 19.8 Å². The zero-order valence-corrected chi connectivity index (χ0v) is 53.0. The van der Waals surface area contributed by atoms with E-state index in [1.807, 2.05) is 0 Å². The van der Waals surface area contributed by atoms with E-state index in [-0.39, 0.29) is 0 Å². The first-order valence-electron chi connectivity index (χ1n) is 29.7.